The van der Waals surface area contributed by atoms with Crippen molar-refractivity contribution in [2.75, 3.05) is 6.54 Å². The minimum absolute atomic E-state index is 0.0187. The highest BCUT2D eigenvalue weighted by atomic mass is 32.2. The normalized spacial score (nSPS) is 19.4. The number of sulfonamides is 1. The number of halogens is 1. The fourth-order valence-corrected chi connectivity index (χ4v) is 5.79. The van der Waals surface area contributed by atoms with Gasteiger partial charge in [0.15, 0.2) is 0 Å². The Morgan fingerprint density at radius 3 is 2.19 bits per heavy atom. The lowest BCUT2D eigenvalue weighted by Crippen LogP contribution is -2.46. The summed E-state index contributed by atoms with van der Waals surface area (Å²) < 4.78 is 41.8. The summed E-state index contributed by atoms with van der Waals surface area (Å²) in [7, 11) is -3.92. The van der Waals surface area contributed by atoms with E-state index >= 15 is 0 Å². The highest BCUT2D eigenvalue weighted by Crippen LogP contribution is 2.37. The summed E-state index contributed by atoms with van der Waals surface area (Å²) >= 11 is 0. The quantitative estimate of drug-likeness (QED) is 0.607. The maximum Gasteiger partial charge on any atom is 0.243 e. The summed E-state index contributed by atoms with van der Waals surface area (Å²) in [5, 5.41) is 2.93. The monoisotopic (exact) mass is 452 g/mol. The molecule has 5 nitrogen and oxygen atoms in total. The molecule has 1 N–H and O–H groups in total. The Labute approximate surface area is 187 Å². The summed E-state index contributed by atoms with van der Waals surface area (Å²) in [6, 6.07) is 23.4. The smallest absolute Gasteiger partial charge is 0.243 e. The van der Waals surface area contributed by atoms with Gasteiger partial charge in [0.25, 0.3) is 0 Å². The molecule has 4 rings (SSSR count). The molecular formula is C25H25FN2O3S. The van der Waals surface area contributed by atoms with E-state index in [0.29, 0.717) is 19.4 Å². The van der Waals surface area contributed by atoms with Gasteiger partial charge in [-0.2, -0.15) is 4.31 Å². The summed E-state index contributed by atoms with van der Waals surface area (Å²) in [6.45, 7) is 0.461. The maximum atomic E-state index is 13.5. The highest BCUT2D eigenvalue weighted by molar-refractivity contribution is 7.89. The van der Waals surface area contributed by atoms with Crippen molar-refractivity contribution in [1.29, 1.82) is 0 Å². The van der Waals surface area contributed by atoms with E-state index in [1.807, 2.05) is 60.7 Å². The number of hydrogen-bond acceptors (Lipinski definition) is 3. The van der Waals surface area contributed by atoms with Gasteiger partial charge in [-0.3, -0.25) is 4.79 Å². The van der Waals surface area contributed by atoms with E-state index in [-0.39, 0.29) is 23.4 Å². The van der Waals surface area contributed by atoms with Crippen molar-refractivity contribution in [2.24, 2.45) is 5.92 Å². The first-order chi connectivity index (χ1) is 15.4. The van der Waals surface area contributed by atoms with Crippen LogP contribution in [0.15, 0.2) is 89.8 Å². The molecule has 1 heterocycles. The average molecular weight is 453 g/mol. The second-order valence-electron chi connectivity index (χ2n) is 7.93. The molecule has 1 aliphatic heterocycles. The SMILES string of the molecule is O=C(NCc1ccccc1)C1CCC(c2ccccc2)N(S(=O)(=O)c2ccc(F)cc2)C1. The zero-order valence-corrected chi connectivity index (χ0v) is 18.3. The van der Waals surface area contributed by atoms with E-state index < -0.39 is 21.8 Å². The van der Waals surface area contributed by atoms with Crippen LogP contribution in [0.25, 0.3) is 0 Å². The molecule has 7 heteroatoms. The van der Waals surface area contributed by atoms with Crippen molar-refractivity contribution in [3.05, 3.63) is 102 Å². The van der Waals surface area contributed by atoms with Gasteiger partial charge < -0.3 is 5.32 Å². The van der Waals surface area contributed by atoms with E-state index in [0.717, 1.165) is 23.3 Å². The molecule has 0 aromatic heterocycles. The lowest BCUT2D eigenvalue weighted by Gasteiger charge is -2.38. The number of amides is 1. The molecule has 32 heavy (non-hydrogen) atoms. The molecule has 3 aromatic carbocycles. The number of nitrogens with zero attached hydrogens (tertiary/aromatic N) is 1. The van der Waals surface area contributed by atoms with Crippen LogP contribution in [-0.4, -0.2) is 25.2 Å². The lowest BCUT2D eigenvalue weighted by atomic mass is 9.90. The van der Waals surface area contributed by atoms with Crippen LogP contribution in [0.4, 0.5) is 4.39 Å². The van der Waals surface area contributed by atoms with Crippen molar-refractivity contribution < 1.29 is 17.6 Å². The average Bonchev–Trinajstić information content (AvgIpc) is 2.83. The van der Waals surface area contributed by atoms with Gasteiger partial charge in [-0.05, 0) is 48.2 Å². The third-order valence-electron chi connectivity index (χ3n) is 5.82. The predicted molar refractivity (Wildman–Crippen MR) is 120 cm³/mol. The van der Waals surface area contributed by atoms with Crippen LogP contribution >= 0.6 is 0 Å². The van der Waals surface area contributed by atoms with Gasteiger partial charge >= 0.3 is 0 Å². The number of carbonyl (C=O) groups excluding carboxylic acids is 1. The van der Waals surface area contributed by atoms with Crippen LogP contribution in [-0.2, 0) is 21.4 Å². The number of nitrogens with one attached hydrogen (secondary N) is 1. The zero-order chi connectivity index (χ0) is 22.6. The Morgan fingerprint density at radius 1 is 0.906 bits per heavy atom. The molecule has 166 valence electrons. The van der Waals surface area contributed by atoms with E-state index in [4.69, 9.17) is 0 Å². The van der Waals surface area contributed by atoms with Crippen molar-refractivity contribution >= 4 is 15.9 Å². The van der Waals surface area contributed by atoms with Gasteiger partial charge in [0.05, 0.1) is 16.9 Å². The van der Waals surface area contributed by atoms with Crippen LogP contribution in [0.2, 0.25) is 0 Å². The molecule has 0 spiro atoms. The molecule has 1 fully saturated rings. The topological polar surface area (TPSA) is 66.5 Å². The van der Waals surface area contributed by atoms with E-state index in [1.54, 1.807) is 0 Å². The summed E-state index contributed by atoms with van der Waals surface area (Å²) in [4.78, 5) is 12.9. The molecule has 0 saturated carbocycles. The van der Waals surface area contributed by atoms with Gasteiger partial charge in [0.1, 0.15) is 5.82 Å². The Hall–Kier alpha value is -3.03. The third kappa shape index (κ3) is 4.89. The number of rotatable bonds is 6. The largest absolute Gasteiger partial charge is 0.352 e. The van der Waals surface area contributed by atoms with E-state index in [1.165, 1.54) is 16.4 Å². The van der Waals surface area contributed by atoms with Gasteiger partial charge in [-0.25, -0.2) is 12.8 Å². The van der Waals surface area contributed by atoms with Crippen LogP contribution < -0.4 is 5.32 Å². The van der Waals surface area contributed by atoms with Crippen LogP contribution in [0.1, 0.15) is 30.0 Å². The number of piperidine rings is 1. The Balaban J connectivity index is 1.58. The molecule has 0 bridgehead atoms. The minimum atomic E-state index is -3.92. The Bertz CT molecular complexity index is 1150. The summed E-state index contributed by atoms with van der Waals surface area (Å²) in [6.07, 6.45) is 1.10. The molecule has 3 aromatic rings. The van der Waals surface area contributed by atoms with Crippen molar-refractivity contribution in [1.82, 2.24) is 9.62 Å². The number of benzene rings is 3. The van der Waals surface area contributed by atoms with Crippen molar-refractivity contribution in [3.8, 4) is 0 Å². The maximum absolute atomic E-state index is 13.5. The van der Waals surface area contributed by atoms with Gasteiger partial charge in [0.2, 0.25) is 15.9 Å². The first-order valence-electron chi connectivity index (χ1n) is 10.6. The molecule has 1 saturated heterocycles. The zero-order valence-electron chi connectivity index (χ0n) is 17.5. The third-order valence-corrected chi connectivity index (χ3v) is 7.71. The molecule has 2 unspecified atom stereocenters. The van der Waals surface area contributed by atoms with Gasteiger partial charge in [-0.1, -0.05) is 60.7 Å². The number of carbonyl (C=O) groups is 1. The second-order valence-corrected chi connectivity index (χ2v) is 9.82. The second kappa shape index (κ2) is 9.63. The first kappa shape index (κ1) is 22.2. The molecule has 2 atom stereocenters. The molecule has 0 aliphatic carbocycles. The molecular weight excluding hydrogens is 427 g/mol. The van der Waals surface area contributed by atoms with Gasteiger partial charge in [0, 0.05) is 13.1 Å². The first-order valence-corrected chi connectivity index (χ1v) is 12.0. The Kier molecular flexibility index (Phi) is 6.67. The highest BCUT2D eigenvalue weighted by Gasteiger charge is 2.40. The summed E-state index contributed by atoms with van der Waals surface area (Å²) in [5.74, 6) is -1.13. The van der Waals surface area contributed by atoms with Crippen LogP contribution in [0, 0.1) is 11.7 Å². The van der Waals surface area contributed by atoms with E-state index in [9.17, 15) is 17.6 Å². The number of hydrogen-bond donors (Lipinski definition) is 1. The molecule has 1 aliphatic rings. The summed E-state index contributed by atoms with van der Waals surface area (Å²) in [5.41, 5.74) is 1.86. The molecule has 1 amide bonds. The Morgan fingerprint density at radius 2 is 1.53 bits per heavy atom. The standard InChI is InChI=1S/C25H25FN2O3S/c26-22-12-14-23(15-13-22)32(30,31)28-18-21(11-16-24(28)20-9-5-2-6-10-20)25(29)27-17-19-7-3-1-4-8-19/h1-10,12-15,21,24H,11,16-18H2,(H,27,29). The van der Waals surface area contributed by atoms with Crippen LogP contribution in [0.3, 0.4) is 0 Å². The molecule has 0 radical (unpaired) electrons. The lowest BCUT2D eigenvalue weighted by molar-refractivity contribution is -0.126. The fraction of sp³-hybridized carbons (Fsp3) is 0.240. The van der Waals surface area contributed by atoms with E-state index in [2.05, 4.69) is 5.32 Å². The van der Waals surface area contributed by atoms with Gasteiger partial charge in [-0.15, -0.1) is 0 Å². The van der Waals surface area contributed by atoms with Crippen molar-refractivity contribution in [3.63, 3.8) is 0 Å². The van der Waals surface area contributed by atoms with Crippen LogP contribution in [0.5, 0.6) is 0 Å². The van der Waals surface area contributed by atoms with Crippen molar-refractivity contribution in [2.45, 2.75) is 30.3 Å². The minimum Gasteiger partial charge on any atom is -0.352 e. The predicted octanol–water partition coefficient (Wildman–Crippen LogP) is 4.28. The fourth-order valence-electron chi connectivity index (χ4n) is 4.10.